The molecule has 3 fully saturated rings. The number of amides is 1. The average molecular weight is 662 g/mol. The second-order valence-corrected chi connectivity index (χ2v) is 15.2. The Hall–Kier alpha value is -3.10. The van der Waals surface area contributed by atoms with Gasteiger partial charge < -0.3 is 20.5 Å². The van der Waals surface area contributed by atoms with Crippen molar-refractivity contribution >= 4 is 40.0 Å². The van der Waals surface area contributed by atoms with Crippen molar-refractivity contribution in [1.82, 2.24) is 19.4 Å². The number of carbonyl (C=O) groups excluding carboxylic acids is 2. The summed E-state index contributed by atoms with van der Waals surface area (Å²) < 4.78 is 1.93. The summed E-state index contributed by atoms with van der Waals surface area (Å²) in [5.41, 5.74) is 10.3. The summed E-state index contributed by atoms with van der Waals surface area (Å²) in [6, 6.07) is 11.9. The number of imidazole rings is 1. The molecule has 0 bridgehead atoms. The Bertz CT molecular complexity index is 1580. The summed E-state index contributed by atoms with van der Waals surface area (Å²) in [5.74, 6) is 1.79. The number of halogens is 1. The Kier molecular flexibility index (Phi) is 10.8. The highest BCUT2D eigenvalue weighted by Gasteiger charge is 2.34. The zero-order valence-electron chi connectivity index (χ0n) is 28.2. The van der Waals surface area contributed by atoms with E-state index in [1.54, 1.807) is 0 Å². The molecule has 1 aromatic heterocycles. The van der Waals surface area contributed by atoms with E-state index < -0.39 is 5.92 Å². The van der Waals surface area contributed by atoms with Gasteiger partial charge in [0.1, 0.15) is 5.78 Å². The molecule has 8 nitrogen and oxygen atoms in total. The number of aryl methyl sites for hydroxylation is 1. The number of Topliss-reactive ketones (excluding diaryl/α,β-unsaturated/α-hetero) is 1. The summed E-state index contributed by atoms with van der Waals surface area (Å²) in [5, 5.41) is 0.502. The number of nitrogens with zero attached hydrogens (tertiary/aromatic N) is 3. The first-order valence-corrected chi connectivity index (χ1v) is 18.3. The normalized spacial score (nSPS) is 22.5. The van der Waals surface area contributed by atoms with Gasteiger partial charge in [-0.15, -0.1) is 0 Å². The molecule has 2 saturated heterocycles. The lowest BCUT2D eigenvalue weighted by Crippen LogP contribution is -2.45. The lowest BCUT2D eigenvalue weighted by Gasteiger charge is -2.40. The first kappa shape index (κ1) is 33.8. The number of carbonyl (C=O) groups is 2. The number of fused-ring (bicyclic) bond motifs is 1. The van der Waals surface area contributed by atoms with E-state index in [1.165, 1.54) is 25.9 Å². The predicted molar refractivity (Wildman–Crippen MR) is 190 cm³/mol. The fourth-order valence-corrected chi connectivity index (χ4v) is 8.98. The van der Waals surface area contributed by atoms with E-state index >= 15 is 0 Å². The minimum absolute atomic E-state index is 0.0378. The SMILES string of the molecule is Cc1cc(C[C@@H](CC(=O)CCC2CCC(n3c(=O)[nH]c4ccccc43)CC2)C(=O)N2CCC(C3CCN(C)CC3)CC2)cc(Cl)c1N. The maximum atomic E-state index is 14.1. The molecular formula is C38H52ClN5O3. The molecule has 1 atom stereocenters. The molecule has 3 aliphatic rings. The van der Waals surface area contributed by atoms with Crippen molar-refractivity contribution in [3.63, 3.8) is 0 Å². The number of nitrogens with one attached hydrogen (secondary N) is 1. The van der Waals surface area contributed by atoms with Crippen LogP contribution in [0.4, 0.5) is 5.69 Å². The number of ketones is 1. The Balaban J connectivity index is 1.05. The van der Waals surface area contributed by atoms with Crippen molar-refractivity contribution in [2.24, 2.45) is 23.7 Å². The molecule has 2 aromatic carbocycles. The zero-order valence-corrected chi connectivity index (χ0v) is 28.9. The molecule has 3 N–H and O–H groups in total. The van der Waals surface area contributed by atoms with Gasteiger partial charge in [-0.1, -0.05) is 29.8 Å². The van der Waals surface area contributed by atoms with Gasteiger partial charge in [-0.2, -0.15) is 0 Å². The quantitative estimate of drug-likeness (QED) is 0.233. The van der Waals surface area contributed by atoms with Crippen molar-refractivity contribution in [3.8, 4) is 0 Å². The van der Waals surface area contributed by atoms with E-state index in [4.69, 9.17) is 17.3 Å². The van der Waals surface area contributed by atoms with Crippen LogP contribution in [0, 0.1) is 30.6 Å². The molecule has 1 aliphatic carbocycles. The number of benzene rings is 2. The van der Waals surface area contributed by atoms with Gasteiger partial charge in [0.25, 0.3) is 0 Å². The van der Waals surface area contributed by atoms with Crippen LogP contribution in [0.1, 0.15) is 87.8 Å². The molecule has 3 aromatic rings. The lowest BCUT2D eigenvalue weighted by molar-refractivity contribution is -0.139. The monoisotopic (exact) mass is 661 g/mol. The average Bonchev–Trinajstić information content (AvgIpc) is 3.42. The van der Waals surface area contributed by atoms with E-state index in [-0.39, 0.29) is 29.8 Å². The van der Waals surface area contributed by atoms with Crippen molar-refractivity contribution in [3.05, 3.63) is 63.0 Å². The van der Waals surface area contributed by atoms with Gasteiger partial charge in [-0.25, -0.2) is 4.79 Å². The van der Waals surface area contributed by atoms with E-state index in [1.807, 2.05) is 52.8 Å². The van der Waals surface area contributed by atoms with Crippen LogP contribution in [0.5, 0.6) is 0 Å². The van der Waals surface area contributed by atoms with Crippen LogP contribution in [-0.4, -0.2) is 64.3 Å². The summed E-state index contributed by atoms with van der Waals surface area (Å²) >= 11 is 6.44. The largest absolute Gasteiger partial charge is 0.397 e. The fourth-order valence-electron chi connectivity index (χ4n) is 8.70. The number of anilines is 1. The molecule has 3 heterocycles. The van der Waals surface area contributed by atoms with Gasteiger partial charge in [0.15, 0.2) is 0 Å². The number of H-pyrrole nitrogens is 1. The van der Waals surface area contributed by atoms with Crippen LogP contribution in [0.2, 0.25) is 5.02 Å². The molecule has 1 saturated carbocycles. The van der Waals surface area contributed by atoms with Gasteiger partial charge in [0.2, 0.25) is 5.91 Å². The van der Waals surface area contributed by atoms with Gasteiger partial charge >= 0.3 is 5.69 Å². The third-order valence-corrected chi connectivity index (χ3v) is 11.9. The van der Waals surface area contributed by atoms with E-state index in [2.05, 4.69) is 16.9 Å². The van der Waals surface area contributed by atoms with Crippen molar-refractivity contribution in [2.45, 2.75) is 90.0 Å². The first-order chi connectivity index (χ1) is 22.7. The zero-order chi connectivity index (χ0) is 33.1. The number of hydrogen-bond acceptors (Lipinski definition) is 5. The number of para-hydroxylation sites is 2. The number of nitrogen functional groups attached to an aromatic ring is 1. The molecule has 9 heteroatoms. The van der Waals surface area contributed by atoms with Gasteiger partial charge in [-0.3, -0.25) is 14.2 Å². The molecular weight excluding hydrogens is 610 g/mol. The molecule has 2 aliphatic heterocycles. The van der Waals surface area contributed by atoms with Crippen LogP contribution in [0.25, 0.3) is 11.0 Å². The van der Waals surface area contributed by atoms with Crippen LogP contribution in [0.3, 0.4) is 0 Å². The van der Waals surface area contributed by atoms with Gasteiger partial charge in [0.05, 0.1) is 21.7 Å². The smallest absolute Gasteiger partial charge is 0.326 e. The third kappa shape index (κ3) is 7.97. The Morgan fingerprint density at radius 1 is 0.957 bits per heavy atom. The lowest BCUT2D eigenvalue weighted by atomic mass is 9.78. The van der Waals surface area contributed by atoms with Crippen LogP contribution in [-0.2, 0) is 16.0 Å². The minimum Gasteiger partial charge on any atom is -0.397 e. The molecule has 1 amide bonds. The van der Waals surface area contributed by atoms with Crippen molar-refractivity contribution in [2.75, 3.05) is 39.0 Å². The molecule has 254 valence electrons. The Labute approximate surface area is 284 Å². The Morgan fingerprint density at radius 3 is 2.30 bits per heavy atom. The molecule has 47 heavy (non-hydrogen) atoms. The first-order valence-electron chi connectivity index (χ1n) is 17.9. The second kappa shape index (κ2) is 15.0. The van der Waals surface area contributed by atoms with Crippen molar-refractivity contribution in [1.29, 1.82) is 0 Å². The van der Waals surface area contributed by atoms with E-state index in [0.29, 0.717) is 35.4 Å². The van der Waals surface area contributed by atoms with Crippen LogP contribution >= 0.6 is 11.6 Å². The maximum absolute atomic E-state index is 14.1. The Morgan fingerprint density at radius 2 is 1.62 bits per heavy atom. The fraction of sp³-hybridized carbons (Fsp3) is 0.605. The maximum Gasteiger partial charge on any atom is 0.326 e. The number of rotatable bonds is 10. The molecule has 6 rings (SSSR count). The van der Waals surface area contributed by atoms with Gasteiger partial charge in [-0.05, 0) is 138 Å². The highest BCUT2D eigenvalue weighted by atomic mass is 35.5. The van der Waals surface area contributed by atoms with Crippen molar-refractivity contribution < 1.29 is 9.59 Å². The number of piperidine rings is 2. The molecule has 0 unspecified atom stereocenters. The van der Waals surface area contributed by atoms with Crippen LogP contribution in [0.15, 0.2) is 41.2 Å². The van der Waals surface area contributed by atoms with E-state index in [0.717, 1.165) is 86.1 Å². The molecule has 0 spiro atoms. The summed E-state index contributed by atoms with van der Waals surface area (Å²) in [6.07, 6.45) is 10.6. The summed E-state index contributed by atoms with van der Waals surface area (Å²) in [7, 11) is 2.20. The third-order valence-electron chi connectivity index (χ3n) is 11.6. The number of likely N-dealkylation sites (tertiary alicyclic amines) is 2. The number of aromatic amines is 1. The van der Waals surface area contributed by atoms with Crippen LogP contribution < -0.4 is 11.4 Å². The number of nitrogens with two attached hydrogens (primary N) is 1. The number of hydrogen-bond donors (Lipinski definition) is 2. The van der Waals surface area contributed by atoms with Gasteiger partial charge in [0, 0.05) is 37.9 Å². The number of aromatic nitrogens is 2. The predicted octanol–water partition coefficient (Wildman–Crippen LogP) is 6.78. The second-order valence-electron chi connectivity index (χ2n) is 14.8. The summed E-state index contributed by atoms with van der Waals surface area (Å²) in [4.78, 5) is 47.7. The highest BCUT2D eigenvalue weighted by Crippen LogP contribution is 2.36. The highest BCUT2D eigenvalue weighted by molar-refractivity contribution is 6.33. The van der Waals surface area contributed by atoms with E-state index in [9.17, 15) is 14.4 Å². The molecule has 0 radical (unpaired) electrons. The minimum atomic E-state index is -0.397. The topological polar surface area (TPSA) is 104 Å². The standard InChI is InChI=1S/C38H52ClN5O3/c1-25-21-27(23-33(39)36(25)40)22-30(37(46)43-19-15-29(16-20-43)28-13-17-42(2)18-14-28)24-32(45)12-9-26-7-10-31(11-8-26)44-35-6-4-3-5-34(35)41-38(44)47/h3-6,21,23,26,28-31H,7-20,22,24,40H2,1-2H3,(H,41,47)/t26?,30-,31?/m0/s1. The summed E-state index contributed by atoms with van der Waals surface area (Å²) in [6.45, 7) is 5.84.